The molecule has 2 rings (SSSR count). The fraction of sp³-hybridized carbons (Fsp3) is 0.125. The van der Waals surface area contributed by atoms with Crippen LogP contribution in [-0.4, -0.2) is 12.3 Å². The van der Waals surface area contributed by atoms with Crippen LogP contribution < -0.4 is 15.4 Å². The van der Waals surface area contributed by atoms with Gasteiger partial charge in [-0.1, -0.05) is 11.6 Å². The smallest absolute Gasteiger partial charge is 0.322 e. The molecule has 1 unspecified atom stereocenters. The Bertz CT molecular complexity index is 678. The molecule has 0 fully saturated rings. The Kier molecular flexibility index (Phi) is 5.23. The standard InChI is InChI=1S/C16H14ClN3O2/c1-11(22-15-8-4-13(17)5-9-15)19-16(21)20-14-6-2-12(10-18)3-7-14/h2-9,11H,1H3,(H2,19,20,21). The van der Waals surface area contributed by atoms with E-state index in [-0.39, 0.29) is 0 Å². The Morgan fingerprint density at radius 2 is 1.82 bits per heavy atom. The van der Waals surface area contributed by atoms with E-state index in [4.69, 9.17) is 21.6 Å². The number of nitrogens with zero attached hydrogens (tertiary/aromatic N) is 1. The lowest BCUT2D eigenvalue weighted by Gasteiger charge is -2.16. The van der Waals surface area contributed by atoms with E-state index in [1.165, 1.54) is 0 Å². The fourth-order valence-corrected chi connectivity index (χ4v) is 1.85. The Morgan fingerprint density at radius 3 is 2.41 bits per heavy atom. The summed E-state index contributed by atoms with van der Waals surface area (Å²) in [6.07, 6.45) is -0.514. The van der Waals surface area contributed by atoms with Gasteiger partial charge in [0.15, 0.2) is 6.23 Å². The molecule has 0 heterocycles. The van der Waals surface area contributed by atoms with Crippen molar-refractivity contribution in [1.82, 2.24) is 5.32 Å². The molecule has 0 radical (unpaired) electrons. The van der Waals surface area contributed by atoms with Crippen molar-refractivity contribution in [2.24, 2.45) is 0 Å². The predicted molar refractivity (Wildman–Crippen MR) is 84.9 cm³/mol. The number of benzene rings is 2. The zero-order valence-electron chi connectivity index (χ0n) is 11.8. The summed E-state index contributed by atoms with van der Waals surface area (Å²) in [7, 11) is 0. The van der Waals surface area contributed by atoms with Crippen LogP contribution in [0, 0.1) is 11.3 Å². The molecule has 2 amide bonds. The summed E-state index contributed by atoms with van der Waals surface area (Å²) in [6.45, 7) is 1.72. The average Bonchev–Trinajstić information content (AvgIpc) is 2.50. The number of amides is 2. The Hall–Kier alpha value is -2.71. The molecule has 0 aliphatic carbocycles. The summed E-state index contributed by atoms with van der Waals surface area (Å²) in [5, 5.41) is 14.6. The Labute approximate surface area is 133 Å². The van der Waals surface area contributed by atoms with E-state index in [9.17, 15) is 4.79 Å². The summed E-state index contributed by atoms with van der Waals surface area (Å²) in [6, 6.07) is 15.0. The van der Waals surface area contributed by atoms with Crippen molar-refractivity contribution in [3.63, 3.8) is 0 Å². The summed E-state index contributed by atoms with van der Waals surface area (Å²) in [5.74, 6) is 0.607. The number of carbonyl (C=O) groups is 1. The van der Waals surface area contributed by atoms with Crippen LogP contribution in [0.15, 0.2) is 48.5 Å². The third-order valence-corrected chi connectivity index (χ3v) is 2.98. The second kappa shape index (κ2) is 7.34. The largest absolute Gasteiger partial charge is 0.471 e. The van der Waals surface area contributed by atoms with Gasteiger partial charge < -0.3 is 15.4 Å². The molecular formula is C16H14ClN3O2. The third kappa shape index (κ3) is 4.69. The number of nitrogens with one attached hydrogen (secondary N) is 2. The average molecular weight is 316 g/mol. The van der Waals surface area contributed by atoms with Gasteiger partial charge in [-0.05, 0) is 55.5 Å². The molecule has 0 aliphatic heterocycles. The van der Waals surface area contributed by atoms with Crippen molar-refractivity contribution >= 4 is 23.3 Å². The molecule has 0 bridgehead atoms. The number of nitriles is 1. The first-order chi connectivity index (χ1) is 10.6. The maximum Gasteiger partial charge on any atom is 0.322 e. The highest BCUT2D eigenvalue weighted by Crippen LogP contribution is 2.16. The van der Waals surface area contributed by atoms with Crippen LogP contribution in [0.25, 0.3) is 0 Å². The van der Waals surface area contributed by atoms with Crippen LogP contribution in [0.4, 0.5) is 10.5 Å². The molecule has 5 nitrogen and oxygen atoms in total. The summed E-state index contributed by atoms with van der Waals surface area (Å²) in [4.78, 5) is 11.8. The Morgan fingerprint density at radius 1 is 1.18 bits per heavy atom. The number of rotatable bonds is 4. The van der Waals surface area contributed by atoms with Crippen molar-refractivity contribution < 1.29 is 9.53 Å². The van der Waals surface area contributed by atoms with E-state index < -0.39 is 12.3 Å². The SMILES string of the molecule is CC(NC(=O)Nc1ccc(C#N)cc1)Oc1ccc(Cl)cc1. The number of ether oxygens (including phenoxy) is 1. The topological polar surface area (TPSA) is 74.2 Å². The number of halogens is 1. The van der Waals surface area contributed by atoms with Crippen molar-refractivity contribution in [2.45, 2.75) is 13.2 Å². The lowest BCUT2D eigenvalue weighted by molar-refractivity contribution is 0.183. The van der Waals surface area contributed by atoms with E-state index in [0.717, 1.165) is 0 Å². The molecule has 22 heavy (non-hydrogen) atoms. The first-order valence-electron chi connectivity index (χ1n) is 6.57. The molecule has 0 saturated heterocycles. The first kappa shape index (κ1) is 15.7. The van der Waals surface area contributed by atoms with Crippen LogP contribution >= 0.6 is 11.6 Å². The van der Waals surface area contributed by atoms with Gasteiger partial charge in [0, 0.05) is 10.7 Å². The highest BCUT2D eigenvalue weighted by Gasteiger charge is 2.08. The molecule has 0 saturated carbocycles. The minimum Gasteiger partial charge on any atom is -0.471 e. The van der Waals surface area contributed by atoms with Gasteiger partial charge in [0.2, 0.25) is 0 Å². The van der Waals surface area contributed by atoms with Crippen LogP contribution in [-0.2, 0) is 0 Å². The molecule has 0 aromatic heterocycles. The number of anilines is 1. The van der Waals surface area contributed by atoms with E-state index in [1.807, 2.05) is 6.07 Å². The molecule has 0 aliphatic rings. The second-order valence-electron chi connectivity index (χ2n) is 4.50. The van der Waals surface area contributed by atoms with Gasteiger partial charge in [-0.2, -0.15) is 5.26 Å². The minimum absolute atomic E-state index is 0.397. The molecule has 0 spiro atoms. The van der Waals surface area contributed by atoms with E-state index >= 15 is 0 Å². The number of carbonyl (C=O) groups excluding carboxylic acids is 1. The normalized spacial score (nSPS) is 11.1. The number of hydrogen-bond acceptors (Lipinski definition) is 3. The third-order valence-electron chi connectivity index (χ3n) is 2.73. The fourth-order valence-electron chi connectivity index (χ4n) is 1.73. The van der Waals surface area contributed by atoms with Crippen LogP contribution in [0.5, 0.6) is 5.75 Å². The monoisotopic (exact) mass is 315 g/mol. The van der Waals surface area contributed by atoms with Crippen LogP contribution in [0.1, 0.15) is 12.5 Å². The highest BCUT2D eigenvalue weighted by atomic mass is 35.5. The van der Waals surface area contributed by atoms with E-state index in [0.29, 0.717) is 22.0 Å². The van der Waals surface area contributed by atoms with Gasteiger partial charge in [-0.15, -0.1) is 0 Å². The highest BCUT2D eigenvalue weighted by molar-refractivity contribution is 6.30. The van der Waals surface area contributed by atoms with Crippen molar-refractivity contribution in [2.75, 3.05) is 5.32 Å². The van der Waals surface area contributed by atoms with E-state index in [1.54, 1.807) is 55.5 Å². The molecular weight excluding hydrogens is 302 g/mol. The summed E-state index contributed by atoms with van der Waals surface area (Å²) in [5.41, 5.74) is 1.13. The molecule has 2 aromatic carbocycles. The van der Waals surface area contributed by atoms with Gasteiger partial charge in [-0.3, -0.25) is 0 Å². The maximum absolute atomic E-state index is 11.8. The van der Waals surface area contributed by atoms with Crippen LogP contribution in [0.3, 0.4) is 0 Å². The van der Waals surface area contributed by atoms with Crippen LogP contribution in [0.2, 0.25) is 5.02 Å². The molecule has 6 heteroatoms. The second-order valence-corrected chi connectivity index (χ2v) is 4.94. The molecule has 112 valence electrons. The lowest BCUT2D eigenvalue weighted by atomic mass is 10.2. The van der Waals surface area contributed by atoms with Crippen molar-refractivity contribution in [3.05, 3.63) is 59.1 Å². The molecule has 2 aromatic rings. The molecule has 2 N–H and O–H groups in total. The summed E-state index contributed by atoms with van der Waals surface area (Å²) >= 11 is 5.79. The van der Waals surface area contributed by atoms with Gasteiger partial charge in [-0.25, -0.2) is 4.79 Å². The van der Waals surface area contributed by atoms with Crippen molar-refractivity contribution in [1.29, 1.82) is 5.26 Å². The maximum atomic E-state index is 11.8. The number of urea groups is 1. The van der Waals surface area contributed by atoms with E-state index in [2.05, 4.69) is 10.6 Å². The molecule has 1 atom stereocenters. The number of hydrogen-bond donors (Lipinski definition) is 2. The predicted octanol–water partition coefficient (Wildman–Crippen LogP) is 3.76. The lowest BCUT2D eigenvalue weighted by Crippen LogP contribution is -2.39. The quantitative estimate of drug-likeness (QED) is 0.844. The Balaban J connectivity index is 1.85. The van der Waals surface area contributed by atoms with Gasteiger partial charge in [0.05, 0.1) is 11.6 Å². The van der Waals surface area contributed by atoms with Gasteiger partial charge >= 0.3 is 6.03 Å². The first-order valence-corrected chi connectivity index (χ1v) is 6.94. The minimum atomic E-state index is -0.514. The van der Waals surface area contributed by atoms with Crippen molar-refractivity contribution in [3.8, 4) is 11.8 Å². The van der Waals surface area contributed by atoms with Gasteiger partial charge in [0.25, 0.3) is 0 Å². The summed E-state index contributed by atoms with van der Waals surface area (Å²) < 4.78 is 5.54. The van der Waals surface area contributed by atoms with Gasteiger partial charge in [0.1, 0.15) is 5.75 Å². The zero-order chi connectivity index (χ0) is 15.9. The zero-order valence-corrected chi connectivity index (χ0v) is 12.6.